The molecule has 1 aromatic heterocycles. The smallest absolute Gasteiger partial charge is 0.407 e. The summed E-state index contributed by atoms with van der Waals surface area (Å²) in [5.41, 5.74) is 6.01. The van der Waals surface area contributed by atoms with Gasteiger partial charge in [0.15, 0.2) is 0 Å². The maximum atomic E-state index is 11.8. The first-order valence-corrected chi connectivity index (χ1v) is 7.28. The fourth-order valence-corrected chi connectivity index (χ4v) is 2.32. The molecule has 1 aromatic rings. The Balaban J connectivity index is 1.90. The third-order valence-corrected chi connectivity index (χ3v) is 3.23. The topological polar surface area (TPSA) is 80.5 Å². The van der Waals surface area contributed by atoms with E-state index in [-0.39, 0.29) is 12.1 Å². The van der Waals surface area contributed by atoms with Crippen LogP contribution in [0.15, 0.2) is 18.2 Å². The van der Waals surface area contributed by atoms with E-state index in [1.807, 2.05) is 39.0 Å². The van der Waals surface area contributed by atoms with E-state index in [0.717, 1.165) is 31.0 Å². The Morgan fingerprint density at radius 3 is 2.95 bits per heavy atom. The van der Waals surface area contributed by atoms with Crippen molar-refractivity contribution in [2.75, 3.05) is 18.0 Å². The largest absolute Gasteiger partial charge is 0.444 e. The molecule has 0 bridgehead atoms. The van der Waals surface area contributed by atoms with E-state index in [9.17, 15) is 4.79 Å². The van der Waals surface area contributed by atoms with Gasteiger partial charge in [-0.15, -0.1) is 0 Å². The van der Waals surface area contributed by atoms with Crippen molar-refractivity contribution >= 4 is 11.9 Å². The van der Waals surface area contributed by atoms with Crippen molar-refractivity contribution in [2.24, 2.45) is 5.73 Å². The summed E-state index contributed by atoms with van der Waals surface area (Å²) in [6, 6.07) is 5.92. The minimum absolute atomic E-state index is 0.0863. The van der Waals surface area contributed by atoms with Crippen LogP contribution < -0.4 is 16.0 Å². The highest BCUT2D eigenvalue weighted by molar-refractivity contribution is 5.68. The predicted molar refractivity (Wildman–Crippen MR) is 82.1 cm³/mol. The first-order valence-electron chi connectivity index (χ1n) is 7.28. The number of nitrogens with zero attached hydrogens (tertiary/aromatic N) is 2. The van der Waals surface area contributed by atoms with E-state index < -0.39 is 5.60 Å². The van der Waals surface area contributed by atoms with Crippen molar-refractivity contribution in [1.29, 1.82) is 0 Å². The van der Waals surface area contributed by atoms with Gasteiger partial charge in [0.2, 0.25) is 0 Å². The van der Waals surface area contributed by atoms with Crippen molar-refractivity contribution in [3.8, 4) is 0 Å². The lowest BCUT2D eigenvalue weighted by atomic mass is 10.2. The third kappa shape index (κ3) is 4.60. The summed E-state index contributed by atoms with van der Waals surface area (Å²) >= 11 is 0. The summed E-state index contributed by atoms with van der Waals surface area (Å²) in [4.78, 5) is 18.4. The lowest BCUT2D eigenvalue weighted by Gasteiger charge is -2.22. The maximum Gasteiger partial charge on any atom is 0.407 e. The SMILES string of the molecule is CC(C)(C)OC(=O)NC1CCN(c2cccc(CN)n2)C1. The number of pyridine rings is 1. The number of alkyl carbamates (subject to hydrolysis) is 1. The Kier molecular flexibility index (Phi) is 4.67. The summed E-state index contributed by atoms with van der Waals surface area (Å²) in [5.74, 6) is 0.909. The van der Waals surface area contributed by atoms with Crippen LogP contribution in [0.2, 0.25) is 0 Å². The second-order valence-electron chi connectivity index (χ2n) is 6.27. The number of nitrogens with two attached hydrogens (primary N) is 1. The maximum absolute atomic E-state index is 11.8. The molecule has 0 saturated carbocycles. The van der Waals surface area contributed by atoms with Gasteiger partial charge in [-0.05, 0) is 39.3 Å². The number of amides is 1. The van der Waals surface area contributed by atoms with E-state index >= 15 is 0 Å². The van der Waals surface area contributed by atoms with E-state index in [0.29, 0.717) is 6.54 Å². The highest BCUT2D eigenvalue weighted by Crippen LogP contribution is 2.19. The molecule has 1 fully saturated rings. The van der Waals surface area contributed by atoms with Gasteiger partial charge in [-0.25, -0.2) is 9.78 Å². The number of nitrogens with one attached hydrogen (secondary N) is 1. The quantitative estimate of drug-likeness (QED) is 0.885. The first kappa shape index (κ1) is 15.6. The first-order chi connectivity index (χ1) is 9.87. The molecule has 1 aliphatic heterocycles. The summed E-state index contributed by atoms with van der Waals surface area (Å²) in [5, 5.41) is 2.91. The van der Waals surface area contributed by atoms with Gasteiger partial charge < -0.3 is 20.7 Å². The van der Waals surface area contributed by atoms with Crippen LogP contribution in [0, 0.1) is 0 Å². The van der Waals surface area contributed by atoms with Crippen molar-refractivity contribution in [3.63, 3.8) is 0 Å². The molecule has 0 spiro atoms. The minimum atomic E-state index is -0.473. The predicted octanol–water partition coefficient (Wildman–Crippen LogP) is 1.64. The van der Waals surface area contributed by atoms with Crippen molar-refractivity contribution in [1.82, 2.24) is 10.3 Å². The van der Waals surface area contributed by atoms with Crippen LogP contribution >= 0.6 is 0 Å². The molecule has 1 atom stereocenters. The Hall–Kier alpha value is -1.82. The van der Waals surface area contributed by atoms with Crippen molar-refractivity contribution in [2.45, 2.75) is 45.4 Å². The molecule has 1 aliphatic rings. The monoisotopic (exact) mass is 292 g/mol. The minimum Gasteiger partial charge on any atom is -0.444 e. The Labute approximate surface area is 125 Å². The molecular formula is C15H24N4O2. The molecule has 1 unspecified atom stereocenters. The zero-order valence-corrected chi connectivity index (χ0v) is 12.9. The molecule has 116 valence electrons. The third-order valence-electron chi connectivity index (χ3n) is 3.23. The summed E-state index contributed by atoms with van der Waals surface area (Å²) in [6.07, 6.45) is 0.520. The Morgan fingerprint density at radius 1 is 1.52 bits per heavy atom. The fraction of sp³-hybridized carbons (Fsp3) is 0.600. The fourth-order valence-electron chi connectivity index (χ4n) is 2.32. The second kappa shape index (κ2) is 6.30. The molecule has 2 heterocycles. The number of ether oxygens (including phenoxy) is 1. The molecule has 1 saturated heterocycles. The van der Waals surface area contributed by atoms with Crippen molar-refractivity contribution < 1.29 is 9.53 Å². The number of carbonyl (C=O) groups excluding carboxylic acids is 1. The van der Waals surface area contributed by atoms with Gasteiger partial charge in [-0.1, -0.05) is 6.07 Å². The molecule has 0 aromatic carbocycles. The van der Waals surface area contributed by atoms with Crippen LogP contribution in [0.4, 0.5) is 10.6 Å². The zero-order valence-electron chi connectivity index (χ0n) is 12.9. The van der Waals surface area contributed by atoms with E-state index in [2.05, 4.69) is 15.2 Å². The molecule has 1 amide bonds. The zero-order chi connectivity index (χ0) is 15.5. The Morgan fingerprint density at radius 2 is 2.29 bits per heavy atom. The summed E-state index contributed by atoms with van der Waals surface area (Å²) < 4.78 is 5.28. The molecular weight excluding hydrogens is 268 g/mol. The number of aromatic nitrogens is 1. The van der Waals surface area contributed by atoms with E-state index in [4.69, 9.17) is 10.5 Å². The second-order valence-corrected chi connectivity index (χ2v) is 6.27. The number of hydrogen-bond donors (Lipinski definition) is 2. The van der Waals surface area contributed by atoms with Crippen LogP contribution in [0.1, 0.15) is 32.9 Å². The van der Waals surface area contributed by atoms with Crippen LogP contribution in [0.25, 0.3) is 0 Å². The van der Waals surface area contributed by atoms with Crippen LogP contribution in [0.5, 0.6) is 0 Å². The van der Waals surface area contributed by atoms with Gasteiger partial charge >= 0.3 is 6.09 Å². The van der Waals surface area contributed by atoms with E-state index in [1.54, 1.807) is 0 Å². The standard InChI is InChI=1S/C15H24N4O2/c1-15(2,3)21-14(20)18-12-7-8-19(10-12)13-6-4-5-11(9-16)17-13/h4-6,12H,7-10,16H2,1-3H3,(H,18,20). The molecule has 21 heavy (non-hydrogen) atoms. The van der Waals surface area contributed by atoms with Gasteiger partial charge in [-0.2, -0.15) is 0 Å². The summed E-state index contributed by atoms with van der Waals surface area (Å²) in [6.45, 7) is 7.60. The van der Waals surface area contributed by atoms with Gasteiger partial charge in [-0.3, -0.25) is 0 Å². The lowest BCUT2D eigenvalue weighted by molar-refractivity contribution is 0.0509. The Bertz CT molecular complexity index is 499. The van der Waals surface area contributed by atoms with Gasteiger partial charge in [0.05, 0.1) is 11.7 Å². The number of anilines is 1. The van der Waals surface area contributed by atoms with Gasteiger partial charge in [0.25, 0.3) is 0 Å². The normalized spacial score (nSPS) is 18.7. The van der Waals surface area contributed by atoms with E-state index in [1.165, 1.54) is 0 Å². The molecule has 2 rings (SSSR count). The van der Waals surface area contributed by atoms with Crippen LogP contribution in [-0.4, -0.2) is 35.8 Å². The lowest BCUT2D eigenvalue weighted by Crippen LogP contribution is -2.40. The van der Waals surface area contributed by atoms with Crippen LogP contribution in [-0.2, 0) is 11.3 Å². The molecule has 6 nitrogen and oxygen atoms in total. The molecule has 6 heteroatoms. The number of hydrogen-bond acceptors (Lipinski definition) is 5. The van der Waals surface area contributed by atoms with Crippen molar-refractivity contribution in [3.05, 3.63) is 23.9 Å². The average Bonchev–Trinajstić information content (AvgIpc) is 2.85. The van der Waals surface area contributed by atoms with Gasteiger partial charge in [0, 0.05) is 19.6 Å². The molecule has 3 N–H and O–H groups in total. The highest BCUT2D eigenvalue weighted by atomic mass is 16.6. The van der Waals surface area contributed by atoms with Crippen LogP contribution in [0.3, 0.4) is 0 Å². The average molecular weight is 292 g/mol. The number of carbonyl (C=O) groups is 1. The highest BCUT2D eigenvalue weighted by Gasteiger charge is 2.26. The molecule has 0 radical (unpaired) electrons. The number of rotatable bonds is 3. The summed E-state index contributed by atoms with van der Waals surface area (Å²) in [7, 11) is 0. The van der Waals surface area contributed by atoms with Gasteiger partial charge in [0.1, 0.15) is 11.4 Å². The molecule has 0 aliphatic carbocycles.